The molecule has 3 rings (SSSR count). The van der Waals surface area contributed by atoms with Gasteiger partial charge >= 0.3 is 12.2 Å². The van der Waals surface area contributed by atoms with Gasteiger partial charge in [-0.1, -0.05) is 6.07 Å². The molecule has 0 saturated carbocycles. The Kier molecular flexibility index (Phi) is 6.56. The predicted molar refractivity (Wildman–Crippen MR) is 112 cm³/mol. The molecule has 1 aromatic carbocycles. The molecule has 29 heavy (non-hydrogen) atoms. The van der Waals surface area contributed by atoms with Crippen LogP contribution in [0, 0.1) is 3.70 Å². The molecule has 0 bridgehead atoms. The van der Waals surface area contributed by atoms with Crippen molar-refractivity contribution in [3.8, 4) is 0 Å². The number of rotatable bonds is 5. The molecule has 2 heterocycles. The number of nitrogens with zero attached hydrogens (tertiary/aromatic N) is 2. The van der Waals surface area contributed by atoms with Crippen LogP contribution in [0.1, 0.15) is 12.8 Å². The number of aromatic nitrogens is 1. The molecule has 0 radical (unpaired) electrons. The van der Waals surface area contributed by atoms with Crippen LogP contribution in [0.3, 0.4) is 0 Å². The number of anilines is 1. The lowest BCUT2D eigenvalue weighted by molar-refractivity contribution is -0.140. The average Bonchev–Trinajstić information content (AvgIpc) is 2.92. The van der Waals surface area contributed by atoms with Crippen LogP contribution < -0.4 is 16.4 Å². The SMILES string of the molecule is NC(=O)CN1CCC(NC(=O)Nc2cccc3c2cc(I)n3CC(F)(F)F)CC1. The molecule has 1 saturated heterocycles. The molecular formula is C18H21F3IN5O2. The first-order valence-electron chi connectivity index (χ1n) is 9.05. The van der Waals surface area contributed by atoms with E-state index < -0.39 is 18.8 Å². The van der Waals surface area contributed by atoms with E-state index in [0.717, 1.165) is 0 Å². The van der Waals surface area contributed by atoms with Crippen molar-refractivity contribution in [3.63, 3.8) is 0 Å². The Morgan fingerprint density at radius 2 is 1.93 bits per heavy atom. The number of likely N-dealkylation sites (tertiary alicyclic amines) is 1. The molecule has 1 aliphatic rings. The van der Waals surface area contributed by atoms with E-state index in [0.29, 0.717) is 46.2 Å². The number of benzene rings is 1. The number of piperidine rings is 1. The number of urea groups is 1. The van der Waals surface area contributed by atoms with Gasteiger partial charge in [-0.15, -0.1) is 0 Å². The van der Waals surface area contributed by atoms with Crippen molar-refractivity contribution in [3.05, 3.63) is 28.0 Å². The number of nitrogens with two attached hydrogens (primary N) is 1. The van der Waals surface area contributed by atoms with Gasteiger partial charge in [-0.25, -0.2) is 4.79 Å². The summed E-state index contributed by atoms with van der Waals surface area (Å²) >= 11 is 1.86. The lowest BCUT2D eigenvalue weighted by atomic mass is 10.1. The highest BCUT2D eigenvalue weighted by atomic mass is 127. The van der Waals surface area contributed by atoms with Crippen LogP contribution in [-0.4, -0.2) is 53.3 Å². The summed E-state index contributed by atoms with van der Waals surface area (Å²) in [4.78, 5) is 25.3. The fraction of sp³-hybridized carbons (Fsp3) is 0.444. The summed E-state index contributed by atoms with van der Waals surface area (Å²) in [6, 6.07) is 6.03. The van der Waals surface area contributed by atoms with Crippen LogP contribution in [0.25, 0.3) is 10.9 Å². The molecule has 1 aliphatic heterocycles. The molecule has 3 amide bonds. The van der Waals surface area contributed by atoms with Gasteiger partial charge in [0.2, 0.25) is 5.91 Å². The van der Waals surface area contributed by atoms with Crippen LogP contribution in [0.4, 0.5) is 23.7 Å². The average molecular weight is 523 g/mol. The van der Waals surface area contributed by atoms with E-state index >= 15 is 0 Å². The normalized spacial score (nSPS) is 16.1. The first-order chi connectivity index (χ1) is 13.6. The Bertz CT molecular complexity index is 907. The van der Waals surface area contributed by atoms with E-state index in [1.54, 1.807) is 24.3 Å². The highest BCUT2D eigenvalue weighted by molar-refractivity contribution is 14.1. The Hall–Kier alpha value is -2.02. The van der Waals surface area contributed by atoms with Crippen LogP contribution in [0.15, 0.2) is 24.3 Å². The number of halogens is 4. The summed E-state index contributed by atoms with van der Waals surface area (Å²) in [6.07, 6.45) is -2.97. The number of alkyl halides is 3. The van der Waals surface area contributed by atoms with Crippen molar-refractivity contribution >= 4 is 51.1 Å². The van der Waals surface area contributed by atoms with Crippen molar-refractivity contribution in [2.45, 2.75) is 31.6 Å². The molecule has 7 nitrogen and oxygen atoms in total. The number of primary amides is 1. The fourth-order valence-electron chi connectivity index (χ4n) is 3.50. The second kappa shape index (κ2) is 8.78. The first-order valence-corrected chi connectivity index (χ1v) is 10.1. The van der Waals surface area contributed by atoms with Gasteiger partial charge in [-0.3, -0.25) is 9.69 Å². The van der Waals surface area contributed by atoms with Gasteiger partial charge in [0.25, 0.3) is 0 Å². The second-order valence-corrected chi connectivity index (χ2v) is 8.13. The Morgan fingerprint density at radius 1 is 1.24 bits per heavy atom. The van der Waals surface area contributed by atoms with E-state index in [9.17, 15) is 22.8 Å². The van der Waals surface area contributed by atoms with Crippen LogP contribution >= 0.6 is 22.6 Å². The molecule has 1 aromatic heterocycles. The molecule has 1 fully saturated rings. The van der Waals surface area contributed by atoms with Gasteiger partial charge in [0.05, 0.1) is 21.4 Å². The number of amides is 3. The number of carbonyl (C=O) groups is 2. The molecule has 0 aliphatic carbocycles. The molecule has 0 spiro atoms. The Morgan fingerprint density at radius 3 is 2.55 bits per heavy atom. The Balaban J connectivity index is 1.65. The minimum Gasteiger partial charge on any atom is -0.369 e. The van der Waals surface area contributed by atoms with Crippen molar-refractivity contribution in [1.29, 1.82) is 0 Å². The Labute approximate surface area is 178 Å². The number of carbonyl (C=O) groups excluding carboxylic acids is 2. The highest BCUT2D eigenvalue weighted by Crippen LogP contribution is 2.30. The maximum atomic E-state index is 12.9. The number of hydrogen-bond acceptors (Lipinski definition) is 3. The lowest BCUT2D eigenvalue weighted by Crippen LogP contribution is -2.47. The van der Waals surface area contributed by atoms with Gasteiger partial charge in [-0.05, 0) is 53.6 Å². The monoisotopic (exact) mass is 523 g/mol. The third kappa shape index (κ3) is 5.75. The maximum Gasteiger partial charge on any atom is 0.406 e. The van der Waals surface area contributed by atoms with Crippen molar-refractivity contribution < 1.29 is 22.8 Å². The van der Waals surface area contributed by atoms with Crippen molar-refractivity contribution in [1.82, 2.24) is 14.8 Å². The van der Waals surface area contributed by atoms with Gasteiger partial charge in [0.1, 0.15) is 6.54 Å². The molecule has 0 unspecified atom stereocenters. The van der Waals surface area contributed by atoms with Gasteiger partial charge in [0, 0.05) is 24.5 Å². The largest absolute Gasteiger partial charge is 0.406 e. The van der Waals surface area contributed by atoms with E-state index in [1.807, 2.05) is 27.5 Å². The minimum atomic E-state index is -4.34. The molecule has 2 aromatic rings. The highest BCUT2D eigenvalue weighted by Gasteiger charge is 2.30. The fourth-order valence-corrected chi connectivity index (χ4v) is 4.24. The lowest BCUT2D eigenvalue weighted by Gasteiger charge is -2.31. The van der Waals surface area contributed by atoms with E-state index in [-0.39, 0.29) is 18.5 Å². The zero-order chi connectivity index (χ0) is 21.2. The van der Waals surface area contributed by atoms with Crippen LogP contribution in [-0.2, 0) is 11.3 Å². The summed E-state index contributed by atoms with van der Waals surface area (Å²) in [7, 11) is 0. The summed E-state index contributed by atoms with van der Waals surface area (Å²) in [5.74, 6) is -0.380. The zero-order valence-electron chi connectivity index (χ0n) is 15.4. The summed E-state index contributed by atoms with van der Waals surface area (Å²) in [5.41, 5.74) is 6.05. The van der Waals surface area contributed by atoms with E-state index in [1.165, 1.54) is 4.57 Å². The number of nitrogens with one attached hydrogen (secondary N) is 2. The third-order valence-electron chi connectivity index (χ3n) is 4.78. The molecular weight excluding hydrogens is 502 g/mol. The minimum absolute atomic E-state index is 0.0479. The third-order valence-corrected chi connectivity index (χ3v) is 5.68. The molecule has 0 atom stereocenters. The van der Waals surface area contributed by atoms with Gasteiger partial charge in [-0.2, -0.15) is 13.2 Å². The van der Waals surface area contributed by atoms with Gasteiger partial charge in [0.15, 0.2) is 0 Å². The standard InChI is InChI=1S/C18H21F3IN5O2/c19-18(20,21)10-27-14-3-1-2-13(12(14)8-15(27)22)25-17(29)24-11-4-6-26(7-5-11)9-16(23)28/h1-3,8,11H,4-7,9-10H2,(H2,23,28)(H2,24,25,29). The van der Waals surface area contributed by atoms with Crippen LogP contribution in [0.2, 0.25) is 0 Å². The van der Waals surface area contributed by atoms with E-state index in [4.69, 9.17) is 5.73 Å². The summed E-state index contributed by atoms with van der Waals surface area (Å²) < 4.78 is 40.2. The van der Waals surface area contributed by atoms with Crippen molar-refractivity contribution in [2.75, 3.05) is 25.0 Å². The zero-order valence-corrected chi connectivity index (χ0v) is 17.6. The number of fused-ring (bicyclic) bond motifs is 1. The predicted octanol–water partition coefficient (Wildman–Crippen LogP) is 2.88. The quantitative estimate of drug-likeness (QED) is 0.527. The van der Waals surface area contributed by atoms with Crippen LogP contribution in [0.5, 0.6) is 0 Å². The second-order valence-electron chi connectivity index (χ2n) is 7.02. The molecule has 4 N–H and O–H groups in total. The van der Waals surface area contributed by atoms with Gasteiger partial charge < -0.3 is 20.9 Å². The molecule has 158 valence electrons. The summed E-state index contributed by atoms with van der Waals surface area (Å²) in [6.45, 7) is 0.423. The smallest absolute Gasteiger partial charge is 0.369 e. The van der Waals surface area contributed by atoms with E-state index in [2.05, 4.69) is 10.6 Å². The molecule has 11 heteroatoms. The summed E-state index contributed by atoms with van der Waals surface area (Å²) in [5, 5.41) is 6.18. The maximum absolute atomic E-state index is 12.9. The topological polar surface area (TPSA) is 92.4 Å². The first kappa shape index (κ1) is 21.7. The van der Waals surface area contributed by atoms with Crippen molar-refractivity contribution in [2.24, 2.45) is 5.73 Å². The number of hydrogen-bond donors (Lipinski definition) is 3.